The molecule has 2 heterocycles. The number of aromatic nitrogens is 1. The highest BCUT2D eigenvalue weighted by molar-refractivity contribution is 14.0. The van der Waals surface area contributed by atoms with Gasteiger partial charge in [-0.2, -0.15) is 0 Å². The van der Waals surface area contributed by atoms with Crippen molar-refractivity contribution in [2.45, 2.75) is 44.8 Å². The van der Waals surface area contributed by atoms with Gasteiger partial charge in [0.15, 0.2) is 5.96 Å². The number of aliphatic imine (C=N–C) groups is 1. The van der Waals surface area contributed by atoms with Crippen LogP contribution in [0.5, 0.6) is 0 Å². The number of hydrogen-bond donors (Lipinski definition) is 3. The lowest BCUT2D eigenvalue weighted by atomic mass is 9.88. The van der Waals surface area contributed by atoms with Gasteiger partial charge >= 0.3 is 0 Å². The summed E-state index contributed by atoms with van der Waals surface area (Å²) in [5.41, 5.74) is 3.43. The van der Waals surface area contributed by atoms with Crippen LogP contribution in [0.3, 0.4) is 0 Å². The van der Waals surface area contributed by atoms with Crippen molar-refractivity contribution < 1.29 is 4.74 Å². The number of halogens is 1. The molecule has 1 aliphatic rings. The topological polar surface area (TPSA) is 70.6 Å². The standard InChI is InChI=1S/C27H35N5O.HI/c1-3-28-26(30-19-23-13-16-29-25-12-8-7-11-24(23)25)31-20-27(14-17-33-18-15-27)32-21(2)22-9-5-4-6-10-22;/h4-13,16,21,32H,3,14-15,17-20H2,1-2H3,(H2,28,30,31);1H. The smallest absolute Gasteiger partial charge is 0.191 e. The minimum Gasteiger partial charge on any atom is -0.381 e. The third-order valence-electron chi connectivity index (χ3n) is 6.36. The summed E-state index contributed by atoms with van der Waals surface area (Å²) in [6.07, 6.45) is 3.79. The first-order valence-corrected chi connectivity index (χ1v) is 11.9. The van der Waals surface area contributed by atoms with Crippen molar-refractivity contribution in [1.29, 1.82) is 0 Å². The van der Waals surface area contributed by atoms with E-state index in [1.807, 2.05) is 18.3 Å². The molecule has 1 fully saturated rings. The zero-order valence-corrected chi connectivity index (χ0v) is 22.4. The Labute approximate surface area is 220 Å². The van der Waals surface area contributed by atoms with Gasteiger partial charge in [0.1, 0.15) is 0 Å². The molecular weight excluding hydrogens is 537 g/mol. The number of para-hydroxylation sites is 1. The molecule has 7 heteroatoms. The maximum absolute atomic E-state index is 5.69. The van der Waals surface area contributed by atoms with Crippen molar-refractivity contribution in [3.8, 4) is 0 Å². The summed E-state index contributed by atoms with van der Waals surface area (Å²) in [6, 6.07) is 21.2. The number of fused-ring (bicyclic) bond motifs is 1. The fourth-order valence-corrected chi connectivity index (χ4v) is 4.47. The Hall–Kier alpha value is -2.23. The first-order chi connectivity index (χ1) is 16.2. The van der Waals surface area contributed by atoms with E-state index in [1.54, 1.807) is 0 Å². The van der Waals surface area contributed by atoms with E-state index in [0.29, 0.717) is 6.54 Å². The number of guanidine groups is 1. The lowest BCUT2D eigenvalue weighted by molar-refractivity contribution is 0.0355. The fraction of sp³-hybridized carbons (Fsp3) is 0.407. The lowest BCUT2D eigenvalue weighted by Gasteiger charge is -2.41. The number of pyridine rings is 1. The van der Waals surface area contributed by atoms with E-state index in [2.05, 4.69) is 83.3 Å². The first kappa shape index (κ1) is 26.4. The van der Waals surface area contributed by atoms with E-state index in [0.717, 1.165) is 56.0 Å². The van der Waals surface area contributed by atoms with Crippen molar-refractivity contribution in [3.05, 3.63) is 78.0 Å². The molecule has 182 valence electrons. The van der Waals surface area contributed by atoms with Crippen LogP contribution in [0.1, 0.15) is 43.9 Å². The van der Waals surface area contributed by atoms with Crippen molar-refractivity contribution in [2.24, 2.45) is 4.99 Å². The van der Waals surface area contributed by atoms with Crippen LogP contribution in [0.2, 0.25) is 0 Å². The van der Waals surface area contributed by atoms with Crippen LogP contribution in [-0.2, 0) is 11.3 Å². The second-order valence-corrected chi connectivity index (χ2v) is 8.71. The van der Waals surface area contributed by atoms with Crippen LogP contribution in [0, 0.1) is 0 Å². The van der Waals surface area contributed by atoms with Crippen molar-refractivity contribution in [2.75, 3.05) is 26.3 Å². The number of nitrogens with zero attached hydrogens (tertiary/aromatic N) is 2. The highest BCUT2D eigenvalue weighted by Gasteiger charge is 2.34. The predicted molar refractivity (Wildman–Crippen MR) is 151 cm³/mol. The minimum atomic E-state index is -0.0485. The maximum atomic E-state index is 5.69. The molecule has 34 heavy (non-hydrogen) atoms. The highest BCUT2D eigenvalue weighted by Crippen LogP contribution is 2.25. The second kappa shape index (κ2) is 13.0. The van der Waals surface area contributed by atoms with E-state index >= 15 is 0 Å². The highest BCUT2D eigenvalue weighted by atomic mass is 127. The number of rotatable bonds is 8. The summed E-state index contributed by atoms with van der Waals surface area (Å²) in [6.45, 7) is 8.07. The third-order valence-corrected chi connectivity index (χ3v) is 6.36. The molecule has 3 N–H and O–H groups in total. The van der Waals surface area contributed by atoms with E-state index in [9.17, 15) is 0 Å². The summed E-state index contributed by atoms with van der Waals surface area (Å²) in [4.78, 5) is 9.36. The molecule has 0 radical (unpaired) electrons. The van der Waals surface area contributed by atoms with Crippen molar-refractivity contribution >= 4 is 40.8 Å². The van der Waals surface area contributed by atoms with Crippen LogP contribution in [0.25, 0.3) is 10.9 Å². The lowest BCUT2D eigenvalue weighted by Crippen LogP contribution is -2.58. The van der Waals surface area contributed by atoms with Crippen LogP contribution in [-0.4, -0.2) is 42.8 Å². The van der Waals surface area contributed by atoms with Gasteiger partial charge in [-0.3, -0.25) is 4.98 Å². The number of hydrogen-bond acceptors (Lipinski definition) is 4. The zero-order chi connectivity index (χ0) is 22.9. The summed E-state index contributed by atoms with van der Waals surface area (Å²) in [7, 11) is 0. The van der Waals surface area contributed by atoms with E-state index in [4.69, 9.17) is 9.73 Å². The summed E-state index contributed by atoms with van der Waals surface area (Å²) < 4.78 is 5.69. The Kier molecular flexibility index (Phi) is 10.1. The van der Waals surface area contributed by atoms with E-state index in [-0.39, 0.29) is 35.6 Å². The SMILES string of the molecule is CCNC(=NCc1ccnc2ccccc12)NCC1(NC(C)c2ccccc2)CCOCC1.I. The number of ether oxygens (including phenoxy) is 1. The van der Waals surface area contributed by atoms with Gasteiger partial charge in [0, 0.05) is 49.5 Å². The Morgan fingerprint density at radius 1 is 1.03 bits per heavy atom. The van der Waals surface area contributed by atoms with Gasteiger partial charge in [-0.15, -0.1) is 24.0 Å². The molecule has 1 aliphatic heterocycles. The van der Waals surface area contributed by atoms with Gasteiger partial charge in [-0.1, -0.05) is 48.5 Å². The molecule has 4 rings (SSSR count). The van der Waals surface area contributed by atoms with E-state index < -0.39 is 0 Å². The van der Waals surface area contributed by atoms with Gasteiger partial charge in [0.05, 0.1) is 12.1 Å². The molecular formula is C27H36IN5O. The number of benzene rings is 2. The quantitative estimate of drug-likeness (QED) is 0.205. The molecule has 1 unspecified atom stereocenters. The Balaban J connectivity index is 0.00000324. The Morgan fingerprint density at radius 3 is 2.53 bits per heavy atom. The summed E-state index contributed by atoms with van der Waals surface area (Å²) in [5, 5.41) is 12.1. The molecule has 6 nitrogen and oxygen atoms in total. The number of nitrogens with one attached hydrogen (secondary N) is 3. The second-order valence-electron chi connectivity index (χ2n) is 8.71. The normalized spacial score (nSPS) is 16.5. The summed E-state index contributed by atoms with van der Waals surface area (Å²) in [5.74, 6) is 0.832. The van der Waals surface area contributed by atoms with Crippen LogP contribution in [0.15, 0.2) is 71.9 Å². The van der Waals surface area contributed by atoms with Gasteiger partial charge in [-0.25, -0.2) is 4.99 Å². The van der Waals surface area contributed by atoms with Crippen LogP contribution < -0.4 is 16.0 Å². The molecule has 0 aliphatic carbocycles. The van der Waals surface area contributed by atoms with Crippen molar-refractivity contribution in [1.82, 2.24) is 20.9 Å². The molecule has 0 spiro atoms. The molecule has 1 saturated heterocycles. The van der Waals surface area contributed by atoms with Gasteiger partial charge in [0.25, 0.3) is 0 Å². The van der Waals surface area contributed by atoms with Crippen LogP contribution >= 0.6 is 24.0 Å². The average Bonchev–Trinajstić information content (AvgIpc) is 2.87. The molecule has 1 aromatic heterocycles. The zero-order valence-electron chi connectivity index (χ0n) is 20.1. The molecule has 1 atom stereocenters. The van der Waals surface area contributed by atoms with Gasteiger partial charge < -0.3 is 20.7 Å². The maximum Gasteiger partial charge on any atom is 0.191 e. The average molecular weight is 574 g/mol. The van der Waals surface area contributed by atoms with Gasteiger partial charge in [0.2, 0.25) is 0 Å². The largest absolute Gasteiger partial charge is 0.381 e. The van der Waals surface area contributed by atoms with E-state index in [1.165, 1.54) is 11.1 Å². The minimum absolute atomic E-state index is 0. The Morgan fingerprint density at radius 2 is 1.76 bits per heavy atom. The molecule has 0 saturated carbocycles. The summed E-state index contributed by atoms with van der Waals surface area (Å²) >= 11 is 0. The van der Waals surface area contributed by atoms with Crippen molar-refractivity contribution in [3.63, 3.8) is 0 Å². The first-order valence-electron chi connectivity index (χ1n) is 11.9. The van der Waals surface area contributed by atoms with Gasteiger partial charge in [-0.05, 0) is 49.9 Å². The Bertz CT molecular complexity index is 1050. The molecule has 2 aromatic carbocycles. The molecule has 0 bridgehead atoms. The predicted octanol–water partition coefficient (Wildman–Crippen LogP) is 4.81. The molecule has 3 aromatic rings. The monoisotopic (exact) mass is 573 g/mol. The fourth-order valence-electron chi connectivity index (χ4n) is 4.47. The third kappa shape index (κ3) is 6.90. The van der Waals surface area contributed by atoms with Crippen LogP contribution in [0.4, 0.5) is 0 Å². The molecule has 0 amide bonds.